The van der Waals surface area contributed by atoms with E-state index in [1.807, 2.05) is 6.07 Å². The van der Waals surface area contributed by atoms with Crippen LogP contribution in [-0.4, -0.2) is 58.4 Å². The number of urea groups is 1. The maximum atomic E-state index is 14.6. The summed E-state index contributed by atoms with van der Waals surface area (Å²) >= 11 is 6.49. The maximum Gasteiger partial charge on any atom is 0.335 e. The number of nitrogens with one attached hydrogen (secondary N) is 1. The number of likely N-dealkylation sites (N-methyl/N-ethyl adjacent to an activating group) is 1. The second kappa shape index (κ2) is 11.3. The summed E-state index contributed by atoms with van der Waals surface area (Å²) in [5.74, 6) is -4.47. The van der Waals surface area contributed by atoms with Crippen molar-refractivity contribution in [2.45, 2.75) is 37.0 Å². The molecule has 2 heterocycles. The van der Waals surface area contributed by atoms with Crippen molar-refractivity contribution in [3.05, 3.63) is 93.7 Å². The minimum atomic E-state index is -2.93. The molecule has 2 aromatic carbocycles. The van der Waals surface area contributed by atoms with E-state index in [-0.39, 0.29) is 34.2 Å². The fourth-order valence-corrected chi connectivity index (χ4v) is 5.26. The summed E-state index contributed by atoms with van der Waals surface area (Å²) in [5.41, 5.74) is 0.262. The molecule has 2 aliphatic rings. The average Bonchev–Trinajstić information content (AvgIpc) is 3.24. The molecule has 1 saturated heterocycles. The van der Waals surface area contributed by atoms with E-state index in [2.05, 4.69) is 10.3 Å². The van der Waals surface area contributed by atoms with Gasteiger partial charge < -0.3 is 10.2 Å². The number of hydrogen-bond acceptors (Lipinski definition) is 5. The molecule has 2 atom stereocenters. The maximum absolute atomic E-state index is 14.6. The van der Waals surface area contributed by atoms with Crippen molar-refractivity contribution >= 4 is 35.0 Å². The van der Waals surface area contributed by atoms with Crippen molar-refractivity contribution < 1.29 is 27.6 Å². The van der Waals surface area contributed by atoms with Crippen LogP contribution in [0.4, 0.5) is 29.5 Å². The minimum Gasteiger partial charge on any atom is -0.351 e. The van der Waals surface area contributed by atoms with Crippen molar-refractivity contribution in [2.24, 2.45) is 0 Å². The monoisotopic (exact) mass is 598 g/mol. The van der Waals surface area contributed by atoms with Crippen molar-refractivity contribution in [1.82, 2.24) is 15.2 Å². The van der Waals surface area contributed by atoms with Crippen LogP contribution in [0, 0.1) is 22.1 Å². The van der Waals surface area contributed by atoms with Crippen molar-refractivity contribution in [1.29, 1.82) is 5.26 Å². The van der Waals surface area contributed by atoms with E-state index >= 15 is 0 Å². The van der Waals surface area contributed by atoms with Crippen LogP contribution in [0.3, 0.4) is 0 Å². The largest absolute Gasteiger partial charge is 0.351 e. The Morgan fingerprint density at radius 1 is 1.21 bits per heavy atom. The molecule has 10 nitrogen and oxygen atoms in total. The first-order valence-corrected chi connectivity index (χ1v) is 13.2. The molecule has 2 fully saturated rings. The number of rotatable bonds is 8. The number of alkyl halides is 2. The number of nitriles is 1. The van der Waals surface area contributed by atoms with Gasteiger partial charge in [0.25, 0.3) is 11.8 Å². The molecule has 1 aromatic heterocycles. The zero-order valence-corrected chi connectivity index (χ0v) is 22.9. The molecule has 0 spiro atoms. The fourth-order valence-electron chi connectivity index (χ4n) is 5.02. The highest BCUT2D eigenvalue weighted by molar-refractivity contribution is 6.31. The van der Waals surface area contributed by atoms with Crippen LogP contribution in [0.2, 0.25) is 5.02 Å². The molecule has 2 unspecified atom stereocenters. The lowest BCUT2D eigenvalue weighted by Crippen LogP contribution is -2.56. The van der Waals surface area contributed by atoms with Gasteiger partial charge in [-0.3, -0.25) is 4.79 Å². The lowest BCUT2D eigenvalue weighted by Gasteiger charge is -2.37. The first kappa shape index (κ1) is 28.8. The molecule has 3 aromatic rings. The summed E-state index contributed by atoms with van der Waals surface area (Å²) in [6, 6.07) is 12.7. The molecule has 0 bridgehead atoms. The van der Waals surface area contributed by atoms with Gasteiger partial charge in [-0.25, -0.2) is 27.8 Å². The molecule has 14 heteroatoms. The molecule has 3 amide bonds. The quantitative estimate of drug-likeness (QED) is 0.294. The van der Waals surface area contributed by atoms with Crippen LogP contribution in [0.1, 0.15) is 30.0 Å². The number of halogens is 4. The van der Waals surface area contributed by atoms with Gasteiger partial charge in [0.05, 0.1) is 16.5 Å². The summed E-state index contributed by atoms with van der Waals surface area (Å²) < 4.78 is 41.8. The summed E-state index contributed by atoms with van der Waals surface area (Å²) in [5, 5.41) is 13.0. The van der Waals surface area contributed by atoms with Crippen molar-refractivity contribution in [2.75, 3.05) is 23.5 Å². The van der Waals surface area contributed by atoms with Crippen LogP contribution in [-0.2, 0) is 4.79 Å². The molecular weight excluding hydrogens is 575 g/mol. The number of hydrazine groups is 1. The third kappa shape index (κ3) is 5.58. The third-order valence-electron chi connectivity index (χ3n) is 7.06. The van der Waals surface area contributed by atoms with Gasteiger partial charge in [-0.05, 0) is 30.3 Å². The predicted octanol–water partition coefficient (Wildman–Crippen LogP) is 4.80. The summed E-state index contributed by atoms with van der Waals surface area (Å²) in [6.07, 6.45) is -1.19. The standard InChI is InChI=1S/C28H23ClF3N7O3/c1-36-16-24(37(27(36)41)23-11-17(15-33)9-10-34-23)39(42)38(20-6-4-5-18(30)12-20)25(21-7-2-3-8-22(21)29)26(40)35-19-13-28(31,32)14-19/h2-12,19,24-25H,13-14,16H2,1H3/p+1. The lowest BCUT2D eigenvalue weighted by molar-refractivity contribution is -0.596. The molecule has 1 aliphatic carbocycles. The van der Waals surface area contributed by atoms with Gasteiger partial charge in [-0.1, -0.05) is 40.9 Å². The van der Waals surface area contributed by atoms with E-state index in [0.717, 1.165) is 22.0 Å². The molecule has 1 aliphatic heterocycles. The Balaban J connectivity index is 1.63. The van der Waals surface area contributed by atoms with Crippen LogP contribution in [0.25, 0.3) is 0 Å². The minimum absolute atomic E-state index is 0.00360. The Hall–Kier alpha value is -4.70. The smallest absolute Gasteiger partial charge is 0.335 e. The molecule has 1 N–H and O–H groups in total. The molecule has 1 saturated carbocycles. The Morgan fingerprint density at radius 2 is 1.95 bits per heavy atom. The molecule has 5 rings (SSSR count). The summed E-state index contributed by atoms with van der Waals surface area (Å²) in [7, 11) is 1.46. The first-order valence-electron chi connectivity index (χ1n) is 12.8. The van der Waals surface area contributed by atoms with Crippen LogP contribution < -0.4 is 15.2 Å². The van der Waals surface area contributed by atoms with Crippen molar-refractivity contribution in [3.63, 3.8) is 0 Å². The van der Waals surface area contributed by atoms with E-state index in [9.17, 15) is 32.9 Å². The van der Waals surface area contributed by atoms with Gasteiger partial charge in [0.15, 0.2) is 10.9 Å². The van der Waals surface area contributed by atoms with Crippen molar-refractivity contribution in [3.8, 4) is 6.07 Å². The van der Waals surface area contributed by atoms with Gasteiger partial charge in [-0.15, -0.1) is 0 Å². The van der Waals surface area contributed by atoms with E-state index in [1.165, 1.54) is 54.5 Å². The summed E-state index contributed by atoms with van der Waals surface area (Å²) in [6.45, 7) is -0.168. The van der Waals surface area contributed by atoms with E-state index in [4.69, 9.17) is 11.6 Å². The molecule has 216 valence electrons. The zero-order chi connectivity index (χ0) is 30.2. The van der Waals surface area contributed by atoms with Crippen LogP contribution >= 0.6 is 11.6 Å². The zero-order valence-electron chi connectivity index (χ0n) is 22.1. The number of pyridine rings is 1. The van der Waals surface area contributed by atoms with E-state index in [0.29, 0.717) is 4.87 Å². The number of aromatic nitrogens is 1. The summed E-state index contributed by atoms with van der Waals surface area (Å²) in [4.78, 5) is 48.3. The average molecular weight is 599 g/mol. The van der Waals surface area contributed by atoms with Gasteiger partial charge >= 0.3 is 12.2 Å². The number of anilines is 2. The van der Waals surface area contributed by atoms with Gasteiger partial charge in [0, 0.05) is 48.8 Å². The highest BCUT2D eigenvalue weighted by Gasteiger charge is 2.54. The molecule has 42 heavy (non-hydrogen) atoms. The highest BCUT2D eigenvalue weighted by atomic mass is 35.5. The van der Waals surface area contributed by atoms with E-state index < -0.39 is 54.8 Å². The van der Waals surface area contributed by atoms with Gasteiger partial charge in [-0.2, -0.15) is 5.26 Å². The molecule has 0 radical (unpaired) electrons. The number of nitrogens with zero attached hydrogens (tertiary/aromatic N) is 6. The van der Waals surface area contributed by atoms with Crippen LogP contribution in [0.5, 0.6) is 0 Å². The first-order chi connectivity index (χ1) is 20.0. The Morgan fingerprint density at radius 3 is 2.62 bits per heavy atom. The van der Waals surface area contributed by atoms with Crippen LogP contribution in [0.15, 0.2) is 66.9 Å². The number of carbonyl (C=O) groups excluding carboxylic acids is 2. The number of benzene rings is 2. The fraction of sp³-hybridized carbons (Fsp3) is 0.286. The number of amides is 3. The third-order valence-corrected chi connectivity index (χ3v) is 7.40. The number of hydrogen-bond donors (Lipinski definition) is 1. The Bertz CT molecular complexity index is 1590. The lowest BCUT2D eigenvalue weighted by atomic mass is 9.88. The van der Waals surface area contributed by atoms with Gasteiger partial charge in [0.1, 0.15) is 23.9 Å². The normalized spacial score (nSPS) is 18.7. The number of nitroso groups, excluding NO2 is 1. The molecular formula is C28H24ClF3N7O3+. The SMILES string of the molecule is CN1CC([N+](=O)N(c2cccc(F)c2)C(C(=O)NC2CC(F)(F)C2)c2ccccc2Cl)N(c2cc(C#N)ccn2)C1=O. The highest BCUT2D eigenvalue weighted by Crippen LogP contribution is 2.39. The number of carbonyl (C=O) groups is 2. The Labute approximate surface area is 243 Å². The second-order valence-corrected chi connectivity index (χ2v) is 10.5. The Kier molecular flexibility index (Phi) is 7.74. The second-order valence-electron chi connectivity index (χ2n) is 10.0. The topological polar surface area (TPSA) is 113 Å². The van der Waals surface area contributed by atoms with E-state index in [1.54, 1.807) is 12.1 Å². The van der Waals surface area contributed by atoms with Gasteiger partial charge in [0.2, 0.25) is 0 Å². The predicted molar refractivity (Wildman–Crippen MR) is 146 cm³/mol.